The summed E-state index contributed by atoms with van der Waals surface area (Å²) in [5.74, 6) is 0. The Hall–Kier alpha value is -0.0800. The number of fused-ring (bicyclic) bond motifs is 2. The SMILES string of the molecule is CC1(C)[C@]2(C)CC[C@@]1(N)COC2. The number of hydrogen-bond acceptors (Lipinski definition) is 2. The Bertz CT molecular complexity index is 194. The molecular formula is C10H19NO. The molecule has 2 bridgehead atoms. The van der Waals surface area contributed by atoms with Crippen molar-refractivity contribution in [3.63, 3.8) is 0 Å². The van der Waals surface area contributed by atoms with Crippen molar-refractivity contribution in [3.05, 3.63) is 0 Å². The van der Waals surface area contributed by atoms with Gasteiger partial charge in [0.15, 0.2) is 0 Å². The molecule has 2 nitrogen and oxygen atoms in total. The van der Waals surface area contributed by atoms with Crippen LogP contribution in [0.5, 0.6) is 0 Å². The average molecular weight is 169 g/mol. The van der Waals surface area contributed by atoms with Crippen molar-refractivity contribution in [1.82, 2.24) is 0 Å². The van der Waals surface area contributed by atoms with Crippen molar-refractivity contribution >= 4 is 0 Å². The molecule has 1 saturated carbocycles. The molecule has 0 aromatic rings. The van der Waals surface area contributed by atoms with E-state index in [4.69, 9.17) is 10.5 Å². The van der Waals surface area contributed by atoms with Crippen LogP contribution in [0.15, 0.2) is 0 Å². The third-order valence-electron chi connectivity index (χ3n) is 4.66. The molecule has 1 aliphatic carbocycles. The first-order chi connectivity index (χ1) is 5.41. The predicted octanol–water partition coefficient (Wildman–Crippen LogP) is 1.54. The summed E-state index contributed by atoms with van der Waals surface area (Å²) in [5, 5.41) is 0. The molecule has 0 aromatic carbocycles. The molecule has 0 unspecified atom stereocenters. The topological polar surface area (TPSA) is 35.2 Å². The molecule has 12 heavy (non-hydrogen) atoms. The number of nitrogens with two attached hydrogens (primary N) is 1. The van der Waals surface area contributed by atoms with E-state index in [2.05, 4.69) is 20.8 Å². The fourth-order valence-corrected chi connectivity index (χ4v) is 2.69. The molecular weight excluding hydrogens is 150 g/mol. The number of hydrogen-bond donors (Lipinski definition) is 1. The molecule has 1 aliphatic heterocycles. The van der Waals surface area contributed by atoms with Crippen LogP contribution in [0.25, 0.3) is 0 Å². The van der Waals surface area contributed by atoms with Gasteiger partial charge in [0.25, 0.3) is 0 Å². The molecule has 2 atom stereocenters. The van der Waals surface area contributed by atoms with Crippen LogP contribution in [-0.2, 0) is 4.74 Å². The Morgan fingerprint density at radius 2 is 1.75 bits per heavy atom. The van der Waals surface area contributed by atoms with Crippen LogP contribution < -0.4 is 5.73 Å². The minimum atomic E-state index is -0.0694. The maximum atomic E-state index is 6.34. The quantitative estimate of drug-likeness (QED) is 0.597. The van der Waals surface area contributed by atoms with Crippen LogP contribution in [0.1, 0.15) is 33.6 Å². The van der Waals surface area contributed by atoms with Gasteiger partial charge in [-0.05, 0) is 23.7 Å². The standard InChI is InChI=1S/C10H19NO/c1-8(2)9(3)4-5-10(8,11)7-12-6-9/h4-7,11H2,1-3H3/t9-,10-/m1/s1. The fraction of sp³-hybridized carbons (Fsp3) is 1.00. The summed E-state index contributed by atoms with van der Waals surface area (Å²) >= 11 is 0. The maximum Gasteiger partial charge on any atom is 0.0651 e. The second kappa shape index (κ2) is 2.05. The van der Waals surface area contributed by atoms with Crippen LogP contribution in [0, 0.1) is 10.8 Å². The second-order valence-electron chi connectivity index (χ2n) is 5.33. The summed E-state index contributed by atoms with van der Waals surface area (Å²) in [6.45, 7) is 8.53. The van der Waals surface area contributed by atoms with Gasteiger partial charge in [-0.3, -0.25) is 0 Å². The molecule has 0 radical (unpaired) electrons. The van der Waals surface area contributed by atoms with E-state index in [1.54, 1.807) is 0 Å². The van der Waals surface area contributed by atoms with Crippen LogP contribution >= 0.6 is 0 Å². The number of rotatable bonds is 0. The van der Waals surface area contributed by atoms with Crippen molar-refractivity contribution in [3.8, 4) is 0 Å². The Labute approximate surface area is 74.5 Å². The summed E-state index contributed by atoms with van der Waals surface area (Å²) in [7, 11) is 0. The van der Waals surface area contributed by atoms with Crippen LogP contribution in [0.4, 0.5) is 0 Å². The number of ether oxygens (including phenoxy) is 1. The van der Waals surface area contributed by atoms with Gasteiger partial charge in [-0.2, -0.15) is 0 Å². The van der Waals surface area contributed by atoms with Crippen LogP contribution in [0.2, 0.25) is 0 Å². The normalized spacial score (nSPS) is 51.0. The average Bonchev–Trinajstić information content (AvgIpc) is 2.17. The third kappa shape index (κ3) is 0.728. The Morgan fingerprint density at radius 1 is 1.08 bits per heavy atom. The summed E-state index contributed by atoms with van der Waals surface area (Å²) < 4.78 is 5.57. The zero-order valence-electron chi connectivity index (χ0n) is 8.31. The molecule has 0 aromatic heterocycles. The lowest BCUT2D eigenvalue weighted by molar-refractivity contribution is -0.0997. The molecule has 1 saturated heterocycles. The summed E-state index contributed by atoms with van der Waals surface area (Å²) in [6, 6.07) is 0. The highest BCUT2D eigenvalue weighted by Crippen LogP contribution is 2.59. The predicted molar refractivity (Wildman–Crippen MR) is 48.9 cm³/mol. The first kappa shape index (κ1) is 8.52. The monoisotopic (exact) mass is 169 g/mol. The van der Waals surface area contributed by atoms with E-state index in [0.717, 1.165) is 19.6 Å². The Morgan fingerprint density at radius 3 is 2.25 bits per heavy atom. The van der Waals surface area contributed by atoms with E-state index in [1.165, 1.54) is 6.42 Å². The summed E-state index contributed by atoms with van der Waals surface area (Å²) in [4.78, 5) is 0. The largest absolute Gasteiger partial charge is 0.379 e. The highest BCUT2D eigenvalue weighted by atomic mass is 16.5. The van der Waals surface area contributed by atoms with Gasteiger partial charge < -0.3 is 10.5 Å². The minimum Gasteiger partial charge on any atom is -0.379 e. The first-order valence-corrected chi connectivity index (χ1v) is 4.78. The van der Waals surface area contributed by atoms with Gasteiger partial charge >= 0.3 is 0 Å². The van der Waals surface area contributed by atoms with Gasteiger partial charge in [0.2, 0.25) is 0 Å². The molecule has 0 spiro atoms. The van der Waals surface area contributed by atoms with Gasteiger partial charge in [-0.25, -0.2) is 0 Å². The van der Waals surface area contributed by atoms with E-state index in [9.17, 15) is 0 Å². The maximum absolute atomic E-state index is 6.34. The summed E-state index contributed by atoms with van der Waals surface area (Å²) in [5.41, 5.74) is 6.81. The molecule has 1 heterocycles. The zero-order chi connectivity index (χ0) is 9.04. The highest BCUT2D eigenvalue weighted by Gasteiger charge is 2.61. The summed E-state index contributed by atoms with van der Waals surface area (Å²) in [6.07, 6.45) is 2.34. The van der Waals surface area contributed by atoms with E-state index >= 15 is 0 Å². The Kier molecular flexibility index (Phi) is 1.45. The Balaban J connectivity index is 2.42. The third-order valence-corrected chi connectivity index (χ3v) is 4.66. The first-order valence-electron chi connectivity index (χ1n) is 4.78. The molecule has 70 valence electrons. The second-order valence-corrected chi connectivity index (χ2v) is 5.33. The van der Waals surface area contributed by atoms with Gasteiger partial charge in [0.05, 0.1) is 13.2 Å². The minimum absolute atomic E-state index is 0.0694. The van der Waals surface area contributed by atoms with E-state index in [0.29, 0.717) is 5.41 Å². The van der Waals surface area contributed by atoms with Gasteiger partial charge in [0.1, 0.15) is 0 Å². The van der Waals surface area contributed by atoms with Gasteiger partial charge in [-0.1, -0.05) is 20.8 Å². The van der Waals surface area contributed by atoms with Gasteiger partial charge in [-0.15, -0.1) is 0 Å². The molecule has 2 N–H and O–H groups in total. The molecule has 2 rings (SSSR count). The molecule has 0 amide bonds. The zero-order valence-corrected chi connectivity index (χ0v) is 8.31. The van der Waals surface area contributed by atoms with Gasteiger partial charge in [0, 0.05) is 5.54 Å². The lowest BCUT2D eigenvalue weighted by atomic mass is 9.62. The smallest absolute Gasteiger partial charge is 0.0651 e. The van der Waals surface area contributed by atoms with E-state index in [1.807, 2.05) is 0 Å². The van der Waals surface area contributed by atoms with Crippen molar-refractivity contribution in [2.75, 3.05) is 13.2 Å². The van der Waals surface area contributed by atoms with Crippen molar-refractivity contribution < 1.29 is 4.74 Å². The lowest BCUT2D eigenvalue weighted by Crippen LogP contribution is -2.60. The fourth-order valence-electron chi connectivity index (χ4n) is 2.69. The lowest BCUT2D eigenvalue weighted by Gasteiger charge is -2.50. The van der Waals surface area contributed by atoms with E-state index < -0.39 is 0 Å². The molecule has 2 heteroatoms. The highest BCUT2D eigenvalue weighted by molar-refractivity contribution is 5.14. The molecule has 2 aliphatic rings. The van der Waals surface area contributed by atoms with Crippen molar-refractivity contribution in [2.45, 2.75) is 39.2 Å². The van der Waals surface area contributed by atoms with E-state index in [-0.39, 0.29) is 11.0 Å². The van der Waals surface area contributed by atoms with Crippen molar-refractivity contribution in [2.24, 2.45) is 16.6 Å². The van der Waals surface area contributed by atoms with Crippen LogP contribution in [-0.4, -0.2) is 18.8 Å². The van der Waals surface area contributed by atoms with Crippen molar-refractivity contribution in [1.29, 1.82) is 0 Å². The molecule has 2 fully saturated rings. The van der Waals surface area contributed by atoms with Crippen LogP contribution in [0.3, 0.4) is 0 Å².